The molecule has 0 unspecified atom stereocenters. The number of ketones is 1. The van der Waals surface area contributed by atoms with Crippen molar-refractivity contribution in [1.29, 1.82) is 0 Å². The number of aromatic nitrogens is 1. The molecule has 1 aromatic carbocycles. The predicted molar refractivity (Wildman–Crippen MR) is 70.3 cm³/mol. The molecule has 0 saturated heterocycles. The van der Waals surface area contributed by atoms with Gasteiger partial charge in [0.15, 0.2) is 0 Å². The minimum absolute atomic E-state index is 0.171. The van der Waals surface area contributed by atoms with Gasteiger partial charge in [-0.3, -0.25) is 9.78 Å². The standard InChI is InChI=1S/C14H12ClNO2/c1-2-18-13-6-4-3-5-11(13)14(17)12-8-7-10(15)9-16-12/h3-9H,2H2,1H3. The summed E-state index contributed by atoms with van der Waals surface area (Å²) in [5, 5.41) is 0.504. The minimum atomic E-state index is -0.171. The third-order valence-electron chi connectivity index (χ3n) is 2.39. The molecule has 3 nitrogen and oxygen atoms in total. The second-order valence-electron chi connectivity index (χ2n) is 3.62. The summed E-state index contributed by atoms with van der Waals surface area (Å²) in [5.74, 6) is 0.400. The van der Waals surface area contributed by atoms with Gasteiger partial charge in [-0.1, -0.05) is 23.7 Å². The molecule has 0 saturated carbocycles. The first-order valence-corrected chi connectivity index (χ1v) is 5.98. The largest absolute Gasteiger partial charge is 0.493 e. The Morgan fingerprint density at radius 2 is 2.06 bits per heavy atom. The van der Waals surface area contributed by atoms with Crippen LogP contribution in [-0.4, -0.2) is 17.4 Å². The fourth-order valence-electron chi connectivity index (χ4n) is 1.58. The van der Waals surface area contributed by atoms with E-state index in [-0.39, 0.29) is 5.78 Å². The van der Waals surface area contributed by atoms with Crippen LogP contribution in [0.2, 0.25) is 5.02 Å². The molecule has 0 aliphatic heterocycles. The molecule has 0 amide bonds. The van der Waals surface area contributed by atoms with Crippen molar-refractivity contribution in [3.63, 3.8) is 0 Å². The van der Waals surface area contributed by atoms with Gasteiger partial charge in [0, 0.05) is 6.20 Å². The highest BCUT2D eigenvalue weighted by molar-refractivity contribution is 6.30. The monoisotopic (exact) mass is 261 g/mol. The van der Waals surface area contributed by atoms with E-state index in [9.17, 15) is 4.79 Å². The van der Waals surface area contributed by atoms with E-state index in [0.717, 1.165) is 0 Å². The fourth-order valence-corrected chi connectivity index (χ4v) is 1.70. The number of benzene rings is 1. The van der Waals surface area contributed by atoms with E-state index in [1.54, 1.807) is 30.3 Å². The molecule has 1 aromatic heterocycles. The fraction of sp³-hybridized carbons (Fsp3) is 0.143. The zero-order valence-corrected chi connectivity index (χ0v) is 10.6. The molecule has 0 aliphatic rings. The lowest BCUT2D eigenvalue weighted by Crippen LogP contribution is -2.06. The smallest absolute Gasteiger partial charge is 0.215 e. The first-order valence-electron chi connectivity index (χ1n) is 5.60. The van der Waals surface area contributed by atoms with Crippen LogP contribution >= 0.6 is 11.6 Å². The van der Waals surface area contributed by atoms with Crippen LogP contribution in [0.25, 0.3) is 0 Å². The minimum Gasteiger partial charge on any atom is -0.493 e. The number of nitrogens with zero attached hydrogens (tertiary/aromatic N) is 1. The Morgan fingerprint density at radius 1 is 1.28 bits per heavy atom. The van der Waals surface area contributed by atoms with Crippen molar-refractivity contribution in [3.05, 3.63) is 58.9 Å². The maximum atomic E-state index is 12.3. The van der Waals surface area contributed by atoms with Crippen molar-refractivity contribution < 1.29 is 9.53 Å². The Balaban J connectivity index is 2.36. The number of rotatable bonds is 4. The number of carbonyl (C=O) groups is 1. The highest BCUT2D eigenvalue weighted by Crippen LogP contribution is 2.21. The lowest BCUT2D eigenvalue weighted by atomic mass is 10.1. The van der Waals surface area contributed by atoms with Crippen LogP contribution in [0.4, 0.5) is 0 Å². The molecule has 92 valence electrons. The Labute approximate surface area is 110 Å². The molecule has 0 aliphatic carbocycles. The van der Waals surface area contributed by atoms with Crippen molar-refractivity contribution in [1.82, 2.24) is 4.98 Å². The zero-order chi connectivity index (χ0) is 13.0. The summed E-state index contributed by atoms with van der Waals surface area (Å²) < 4.78 is 5.43. The molecule has 18 heavy (non-hydrogen) atoms. The quantitative estimate of drug-likeness (QED) is 0.792. The number of carbonyl (C=O) groups excluding carboxylic acids is 1. The number of hydrogen-bond acceptors (Lipinski definition) is 3. The number of hydrogen-bond donors (Lipinski definition) is 0. The van der Waals surface area contributed by atoms with E-state index in [2.05, 4.69) is 4.98 Å². The zero-order valence-electron chi connectivity index (χ0n) is 9.89. The van der Waals surface area contributed by atoms with Gasteiger partial charge in [0.2, 0.25) is 5.78 Å². The number of para-hydroxylation sites is 1. The Hall–Kier alpha value is -1.87. The lowest BCUT2D eigenvalue weighted by molar-refractivity contribution is 0.103. The Morgan fingerprint density at radius 3 is 2.72 bits per heavy atom. The average Bonchev–Trinajstić information content (AvgIpc) is 2.40. The van der Waals surface area contributed by atoms with E-state index in [4.69, 9.17) is 16.3 Å². The van der Waals surface area contributed by atoms with Crippen LogP contribution in [0.5, 0.6) is 5.75 Å². The van der Waals surface area contributed by atoms with Crippen molar-refractivity contribution in [2.24, 2.45) is 0 Å². The second kappa shape index (κ2) is 5.65. The van der Waals surface area contributed by atoms with E-state index in [0.29, 0.717) is 28.6 Å². The van der Waals surface area contributed by atoms with Crippen LogP contribution in [0, 0.1) is 0 Å². The van der Waals surface area contributed by atoms with Gasteiger partial charge in [-0.25, -0.2) is 0 Å². The van der Waals surface area contributed by atoms with Gasteiger partial charge < -0.3 is 4.74 Å². The molecule has 0 atom stereocenters. The molecule has 2 aromatic rings. The van der Waals surface area contributed by atoms with E-state index in [1.165, 1.54) is 6.20 Å². The van der Waals surface area contributed by atoms with Crippen molar-refractivity contribution >= 4 is 17.4 Å². The van der Waals surface area contributed by atoms with Gasteiger partial charge in [-0.05, 0) is 31.2 Å². The third kappa shape index (κ3) is 2.68. The third-order valence-corrected chi connectivity index (χ3v) is 2.62. The number of halogens is 1. The molecule has 0 radical (unpaired) electrons. The van der Waals surface area contributed by atoms with Crippen molar-refractivity contribution in [2.75, 3.05) is 6.61 Å². The Bertz CT molecular complexity index is 552. The van der Waals surface area contributed by atoms with Gasteiger partial charge in [0.1, 0.15) is 11.4 Å². The summed E-state index contributed by atoms with van der Waals surface area (Å²) in [4.78, 5) is 16.3. The first kappa shape index (κ1) is 12.6. The molecular formula is C14H12ClNO2. The molecule has 4 heteroatoms. The van der Waals surface area contributed by atoms with Gasteiger partial charge in [-0.15, -0.1) is 0 Å². The SMILES string of the molecule is CCOc1ccccc1C(=O)c1ccc(Cl)cn1. The van der Waals surface area contributed by atoms with Gasteiger partial charge in [-0.2, -0.15) is 0 Å². The van der Waals surface area contributed by atoms with Crippen LogP contribution in [0.1, 0.15) is 23.0 Å². The van der Waals surface area contributed by atoms with Crippen LogP contribution in [0.3, 0.4) is 0 Å². The van der Waals surface area contributed by atoms with Gasteiger partial charge in [0.25, 0.3) is 0 Å². The highest BCUT2D eigenvalue weighted by atomic mass is 35.5. The second-order valence-corrected chi connectivity index (χ2v) is 4.06. The normalized spacial score (nSPS) is 10.1. The molecule has 1 heterocycles. The number of ether oxygens (including phenoxy) is 1. The summed E-state index contributed by atoms with van der Waals surface area (Å²) in [6, 6.07) is 10.4. The molecular weight excluding hydrogens is 250 g/mol. The molecule has 0 spiro atoms. The van der Waals surface area contributed by atoms with Crippen LogP contribution < -0.4 is 4.74 Å². The summed E-state index contributed by atoms with van der Waals surface area (Å²) in [6.45, 7) is 2.39. The number of pyridine rings is 1. The predicted octanol–water partition coefficient (Wildman–Crippen LogP) is 3.36. The van der Waals surface area contributed by atoms with Crippen LogP contribution in [0.15, 0.2) is 42.6 Å². The highest BCUT2D eigenvalue weighted by Gasteiger charge is 2.15. The maximum Gasteiger partial charge on any atom is 0.215 e. The van der Waals surface area contributed by atoms with E-state index >= 15 is 0 Å². The van der Waals surface area contributed by atoms with Gasteiger partial charge in [0.05, 0.1) is 17.2 Å². The summed E-state index contributed by atoms with van der Waals surface area (Å²) in [6.07, 6.45) is 1.46. The summed E-state index contributed by atoms with van der Waals surface area (Å²) in [7, 11) is 0. The topological polar surface area (TPSA) is 39.2 Å². The molecule has 2 rings (SSSR count). The molecule has 0 bridgehead atoms. The van der Waals surface area contributed by atoms with Gasteiger partial charge >= 0.3 is 0 Å². The summed E-state index contributed by atoms with van der Waals surface area (Å²) in [5.41, 5.74) is 0.862. The van der Waals surface area contributed by atoms with E-state index in [1.807, 2.05) is 13.0 Å². The lowest BCUT2D eigenvalue weighted by Gasteiger charge is -2.08. The molecule has 0 N–H and O–H groups in total. The maximum absolute atomic E-state index is 12.3. The van der Waals surface area contributed by atoms with Crippen molar-refractivity contribution in [3.8, 4) is 5.75 Å². The van der Waals surface area contributed by atoms with Crippen molar-refractivity contribution in [2.45, 2.75) is 6.92 Å². The van der Waals surface area contributed by atoms with E-state index < -0.39 is 0 Å². The average molecular weight is 262 g/mol. The van der Waals surface area contributed by atoms with Crippen LogP contribution in [-0.2, 0) is 0 Å². The Kier molecular flexibility index (Phi) is 3.95. The first-order chi connectivity index (χ1) is 8.72. The summed E-state index contributed by atoms with van der Waals surface area (Å²) >= 11 is 5.74. The molecule has 0 fully saturated rings.